The summed E-state index contributed by atoms with van der Waals surface area (Å²) in [5.41, 5.74) is 8.47. The number of carbonyl (C=O) groups excluding carboxylic acids is 1. The van der Waals surface area contributed by atoms with Gasteiger partial charge in [-0.05, 0) is 64.8 Å². The standard InChI is InChI=1S/C27H30N8OS.CH5N/c1-15(2)21(12-28)35(22(36)11-19-9-10-20(37-6)13-30-19)27-24(29-5)17(4)33-26(34-27)23-16(3)31-14-32-25(23)18-7-8-18;1-2/h9-10,13-15,18,21H,5,7-8,11H2,1-4,6H3;2H2,1H3. The molecule has 3 aromatic heterocycles. The minimum absolute atomic E-state index is 0.00925. The van der Waals surface area contributed by atoms with Crippen molar-refractivity contribution in [3.8, 4) is 17.5 Å². The lowest BCUT2D eigenvalue weighted by Gasteiger charge is -2.30. The number of hydrogen-bond donors (Lipinski definition) is 1. The van der Waals surface area contributed by atoms with Gasteiger partial charge in [0.05, 0.1) is 35.1 Å². The molecule has 1 aliphatic carbocycles. The molecule has 10 nitrogen and oxygen atoms in total. The molecule has 3 aromatic rings. The molecule has 1 fully saturated rings. The van der Waals surface area contributed by atoms with Gasteiger partial charge in [0.25, 0.3) is 0 Å². The van der Waals surface area contributed by atoms with Gasteiger partial charge in [0, 0.05) is 22.7 Å². The van der Waals surface area contributed by atoms with Crippen LogP contribution in [0.3, 0.4) is 0 Å². The van der Waals surface area contributed by atoms with Crippen LogP contribution in [0, 0.1) is 31.1 Å². The highest BCUT2D eigenvalue weighted by Crippen LogP contribution is 2.44. The number of nitrogens with two attached hydrogens (primary N) is 1. The van der Waals surface area contributed by atoms with Gasteiger partial charge in [-0.3, -0.25) is 19.7 Å². The van der Waals surface area contributed by atoms with Crippen molar-refractivity contribution in [2.45, 2.75) is 63.8 Å². The fourth-order valence-corrected chi connectivity index (χ4v) is 4.60. The molecule has 39 heavy (non-hydrogen) atoms. The van der Waals surface area contributed by atoms with Crippen molar-refractivity contribution in [3.05, 3.63) is 47.4 Å². The van der Waals surface area contributed by atoms with E-state index in [1.807, 2.05) is 39.2 Å². The quantitative estimate of drug-likeness (QED) is 0.301. The lowest BCUT2D eigenvalue weighted by molar-refractivity contribution is -0.118. The zero-order valence-corrected chi connectivity index (χ0v) is 24.2. The summed E-state index contributed by atoms with van der Waals surface area (Å²) in [5, 5.41) is 10.1. The molecule has 1 saturated carbocycles. The van der Waals surface area contributed by atoms with E-state index in [0.717, 1.165) is 34.7 Å². The Morgan fingerprint density at radius 1 is 1.21 bits per heavy atom. The normalized spacial score (nSPS) is 13.2. The van der Waals surface area contributed by atoms with Gasteiger partial charge in [-0.25, -0.2) is 19.9 Å². The van der Waals surface area contributed by atoms with Crippen molar-refractivity contribution >= 4 is 35.9 Å². The third-order valence-corrected chi connectivity index (χ3v) is 7.07. The van der Waals surface area contributed by atoms with Crippen LogP contribution in [-0.2, 0) is 11.2 Å². The average molecular weight is 546 g/mol. The van der Waals surface area contributed by atoms with Crippen LogP contribution in [0.4, 0.5) is 11.5 Å². The van der Waals surface area contributed by atoms with Crippen molar-refractivity contribution in [2.24, 2.45) is 16.6 Å². The third kappa shape index (κ3) is 6.64. The average Bonchev–Trinajstić information content (AvgIpc) is 3.78. The molecule has 0 aromatic carbocycles. The number of hydrogen-bond acceptors (Lipinski definition) is 10. The molecule has 0 radical (unpaired) electrons. The van der Waals surface area contributed by atoms with Crippen molar-refractivity contribution in [2.75, 3.05) is 18.2 Å². The lowest BCUT2D eigenvalue weighted by atomic mass is 10.0. The molecule has 0 saturated heterocycles. The fourth-order valence-electron chi connectivity index (χ4n) is 4.24. The summed E-state index contributed by atoms with van der Waals surface area (Å²) in [6.07, 6.45) is 7.39. The molecule has 0 spiro atoms. The van der Waals surface area contributed by atoms with Crippen molar-refractivity contribution in [3.63, 3.8) is 0 Å². The number of rotatable bonds is 9. The summed E-state index contributed by atoms with van der Waals surface area (Å²) in [6.45, 7) is 11.2. The monoisotopic (exact) mass is 545 g/mol. The summed E-state index contributed by atoms with van der Waals surface area (Å²) >= 11 is 1.58. The summed E-state index contributed by atoms with van der Waals surface area (Å²) in [4.78, 5) is 43.4. The Bertz CT molecular complexity index is 1360. The SMILES string of the molecule is C=Nc1c(C)nc(-c2c(C)ncnc2C2CC2)nc1N(C(=O)Cc1ccc(SC)cn1)C(C#N)C(C)C.CN. The second kappa shape index (κ2) is 13.4. The van der Waals surface area contributed by atoms with Crippen molar-refractivity contribution in [1.82, 2.24) is 24.9 Å². The first-order valence-electron chi connectivity index (χ1n) is 12.7. The minimum Gasteiger partial charge on any atom is -0.333 e. The molecule has 0 aliphatic heterocycles. The van der Waals surface area contributed by atoms with E-state index >= 15 is 0 Å². The van der Waals surface area contributed by atoms with E-state index in [2.05, 4.69) is 38.5 Å². The first-order chi connectivity index (χ1) is 18.8. The number of nitrogens with zero attached hydrogens (tertiary/aromatic N) is 8. The molecule has 0 bridgehead atoms. The summed E-state index contributed by atoms with van der Waals surface area (Å²) in [5.74, 6) is 0.550. The van der Waals surface area contributed by atoms with Gasteiger partial charge in [-0.1, -0.05) is 13.8 Å². The number of pyridine rings is 1. The van der Waals surface area contributed by atoms with Crippen LogP contribution in [0.1, 0.15) is 55.4 Å². The largest absolute Gasteiger partial charge is 0.333 e. The van der Waals surface area contributed by atoms with Crippen LogP contribution in [0.15, 0.2) is 34.5 Å². The van der Waals surface area contributed by atoms with Crippen molar-refractivity contribution in [1.29, 1.82) is 5.26 Å². The van der Waals surface area contributed by atoms with E-state index in [0.29, 0.717) is 28.8 Å². The highest BCUT2D eigenvalue weighted by atomic mass is 32.2. The molecule has 204 valence electrons. The third-order valence-electron chi connectivity index (χ3n) is 6.36. The highest BCUT2D eigenvalue weighted by Gasteiger charge is 2.34. The molecule has 3 heterocycles. The predicted octanol–water partition coefficient (Wildman–Crippen LogP) is 4.58. The highest BCUT2D eigenvalue weighted by molar-refractivity contribution is 7.98. The first-order valence-corrected chi connectivity index (χ1v) is 14.0. The molecular formula is C28H35N9OS. The van der Waals surface area contributed by atoms with Gasteiger partial charge in [0.15, 0.2) is 11.6 Å². The second-order valence-electron chi connectivity index (χ2n) is 9.40. The molecule has 1 aliphatic rings. The summed E-state index contributed by atoms with van der Waals surface area (Å²) in [6, 6.07) is 5.27. The van der Waals surface area contributed by atoms with Gasteiger partial charge in [0.2, 0.25) is 5.91 Å². The zero-order chi connectivity index (χ0) is 28.7. The van der Waals surface area contributed by atoms with E-state index in [9.17, 15) is 10.1 Å². The van der Waals surface area contributed by atoms with Crippen LogP contribution >= 0.6 is 11.8 Å². The molecular weight excluding hydrogens is 510 g/mol. The Kier molecular flexibility index (Phi) is 10.2. The van der Waals surface area contributed by atoms with E-state index in [1.54, 1.807) is 31.2 Å². The fraction of sp³-hybridized carbons (Fsp3) is 0.429. The van der Waals surface area contributed by atoms with Gasteiger partial charge in [-0.2, -0.15) is 5.26 Å². The van der Waals surface area contributed by atoms with Gasteiger partial charge in [-0.15, -0.1) is 11.8 Å². The smallest absolute Gasteiger partial charge is 0.235 e. The van der Waals surface area contributed by atoms with Crippen LogP contribution in [0.2, 0.25) is 0 Å². The lowest BCUT2D eigenvalue weighted by Crippen LogP contribution is -2.44. The maximum atomic E-state index is 13.8. The van der Waals surface area contributed by atoms with E-state index in [-0.39, 0.29) is 24.1 Å². The number of anilines is 1. The molecule has 11 heteroatoms. The molecule has 1 atom stereocenters. The number of thioether (sulfide) groups is 1. The van der Waals surface area contributed by atoms with Gasteiger partial charge < -0.3 is 5.73 Å². The first kappa shape index (κ1) is 29.8. The topological polar surface area (TPSA) is 147 Å². The number of amides is 1. The van der Waals surface area contributed by atoms with Crippen molar-refractivity contribution < 1.29 is 4.79 Å². The summed E-state index contributed by atoms with van der Waals surface area (Å²) in [7, 11) is 1.50. The summed E-state index contributed by atoms with van der Waals surface area (Å²) < 4.78 is 0. The zero-order valence-electron chi connectivity index (χ0n) is 23.3. The molecule has 4 rings (SSSR count). The van der Waals surface area contributed by atoms with Crippen LogP contribution < -0.4 is 10.6 Å². The van der Waals surface area contributed by atoms with Crippen LogP contribution in [-0.4, -0.2) is 56.9 Å². The van der Waals surface area contributed by atoms with Gasteiger partial charge in [0.1, 0.15) is 18.1 Å². The number of nitriles is 1. The molecule has 1 amide bonds. The molecule has 1 unspecified atom stereocenters. The molecule has 2 N–H and O–H groups in total. The minimum atomic E-state index is -0.781. The Labute approximate surface area is 234 Å². The van der Waals surface area contributed by atoms with E-state index in [1.165, 1.54) is 11.9 Å². The van der Waals surface area contributed by atoms with Crippen LogP contribution in [0.25, 0.3) is 11.4 Å². The van der Waals surface area contributed by atoms with E-state index in [4.69, 9.17) is 9.97 Å². The maximum Gasteiger partial charge on any atom is 0.235 e. The number of aliphatic imine (C=N–C) groups is 1. The van der Waals surface area contributed by atoms with Crippen LogP contribution in [0.5, 0.6) is 0 Å². The number of aryl methyl sites for hydroxylation is 2. The van der Waals surface area contributed by atoms with Gasteiger partial charge >= 0.3 is 0 Å². The Balaban J connectivity index is 0.00000205. The Morgan fingerprint density at radius 3 is 2.46 bits per heavy atom. The maximum absolute atomic E-state index is 13.8. The second-order valence-corrected chi connectivity index (χ2v) is 10.3. The Hall–Kier alpha value is -3.75. The predicted molar refractivity (Wildman–Crippen MR) is 155 cm³/mol. The van der Waals surface area contributed by atoms with E-state index < -0.39 is 6.04 Å². The Morgan fingerprint density at radius 2 is 1.92 bits per heavy atom. The number of aromatic nitrogens is 5. The number of carbonyl (C=O) groups is 1.